The molecule has 0 aliphatic rings. The summed E-state index contributed by atoms with van der Waals surface area (Å²) in [6.07, 6.45) is 1.12. The number of aromatic nitrogens is 1. The zero-order chi connectivity index (χ0) is 8.43. The molecule has 1 rings (SSSR count). The highest BCUT2D eigenvalue weighted by molar-refractivity contribution is 7.11. The van der Waals surface area contributed by atoms with E-state index in [1.807, 2.05) is 11.3 Å². The molecule has 0 bridgehead atoms. The van der Waals surface area contributed by atoms with Gasteiger partial charge in [0.2, 0.25) is 0 Å². The predicted octanol–water partition coefficient (Wildman–Crippen LogP) is 3.14. The van der Waals surface area contributed by atoms with Crippen LogP contribution in [-0.4, -0.2) is 4.98 Å². The molecule has 0 unspecified atom stereocenters. The minimum atomic E-state index is 0.579. The minimum Gasteiger partial charge on any atom is -0.246 e. The highest BCUT2D eigenvalue weighted by atomic mass is 32.1. The Balaban J connectivity index is 3.02. The summed E-state index contributed by atoms with van der Waals surface area (Å²) in [4.78, 5) is 5.96. The average Bonchev–Trinajstić information content (AvgIpc) is 2.30. The molecule has 0 radical (unpaired) electrons. The molecule has 0 saturated carbocycles. The number of hydrogen-bond donors (Lipinski definition) is 0. The highest BCUT2D eigenvalue weighted by Crippen LogP contribution is 2.24. The number of thiazole rings is 1. The zero-order valence-electron chi connectivity index (χ0n) is 7.64. The fraction of sp³-hybridized carbons (Fsp3) is 0.667. The Kier molecular flexibility index (Phi) is 2.66. The molecule has 1 heterocycles. The van der Waals surface area contributed by atoms with Gasteiger partial charge in [-0.05, 0) is 19.3 Å². The van der Waals surface area contributed by atoms with Gasteiger partial charge in [0, 0.05) is 4.88 Å². The van der Waals surface area contributed by atoms with Gasteiger partial charge in [0.15, 0.2) is 0 Å². The van der Waals surface area contributed by atoms with E-state index in [2.05, 4.69) is 32.7 Å². The van der Waals surface area contributed by atoms with Gasteiger partial charge in [-0.25, -0.2) is 4.98 Å². The smallest absolute Gasteiger partial charge is 0.0900 e. The molecule has 1 nitrogen and oxygen atoms in total. The first kappa shape index (κ1) is 8.72. The summed E-state index contributed by atoms with van der Waals surface area (Å²) < 4.78 is 0. The van der Waals surface area contributed by atoms with E-state index >= 15 is 0 Å². The molecule has 1 aromatic rings. The first-order chi connectivity index (χ1) is 5.15. The van der Waals surface area contributed by atoms with Gasteiger partial charge in [-0.1, -0.05) is 20.8 Å². The summed E-state index contributed by atoms with van der Waals surface area (Å²) in [6, 6.07) is 0. The normalized spacial score (nSPS) is 11.0. The van der Waals surface area contributed by atoms with E-state index in [0.29, 0.717) is 5.92 Å². The highest BCUT2D eigenvalue weighted by Gasteiger charge is 2.09. The van der Waals surface area contributed by atoms with E-state index in [1.165, 1.54) is 15.6 Å². The van der Waals surface area contributed by atoms with Crippen molar-refractivity contribution in [2.45, 2.75) is 40.0 Å². The van der Waals surface area contributed by atoms with Crippen molar-refractivity contribution in [3.05, 3.63) is 15.6 Å². The van der Waals surface area contributed by atoms with Gasteiger partial charge < -0.3 is 0 Å². The van der Waals surface area contributed by atoms with Crippen LogP contribution in [0.15, 0.2) is 0 Å². The lowest BCUT2D eigenvalue weighted by Crippen LogP contribution is -1.91. The quantitative estimate of drug-likeness (QED) is 0.662. The van der Waals surface area contributed by atoms with Crippen LogP contribution in [-0.2, 0) is 6.42 Å². The summed E-state index contributed by atoms with van der Waals surface area (Å²) in [5.41, 5.74) is 1.30. The summed E-state index contributed by atoms with van der Waals surface area (Å²) in [5, 5.41) is 1.20. The molecule has 0 N–H and O–H groups in total. The molecular weight excluding hydrogens is 154 g/mol. The van der Waals surface area contributed by atoms with E-state index in [9.17, 15) is 0 Å². The van der Waals surface area contributed by atoms with Gasteiger partial charge in [-0.2, -0.15) is 0 Å². The van der Waals surface area contributed by atoms with Crippen LogP contribution in [0.5, 0.6) is 0 Å². The summed E-state index contributed by atoms with van der Waals surface area (Å²) in [6.45, 7) is 8.68. The lowest BCUT2D eigenvalue weighted by molar-refractivity contribution is 0.812. The SMILES string of the molecule is CCc1sc(C)nc1C(C)C. The van der Waals surface area contributed by atoms with Gasteiger partial charge >= 0.3 is 0 Å². The fourth-order valence-corrected chi connectivity index (χ4v) is 2.22. The third-order valence-electron chi connectivity index (χ3n) is 1.70. The second kappa shape index (κ2) is 3.35. The van der Waals surface area contributed by atoms with Crippen LogP contribution in [0.1, 0.15) is 42.3 Å². The van der Waals surface area contributed by atoms with Crippen molar-refractivity contribution in [1.82, 2.24) is 4.98 Å². The molecule has 0 saturated heterocycles. The summed E-state index contributed by atoms with van der Waals surface area (Å²) >= 11 is 1.83. The van der Waals surface area contributed by atoms with E-state index in [-0.39, 0.29) is 0 Å². The molecular formula is C9H15NS. The van der Waals surface area contributed by atoms with Crippen molar-refractivity contribution in [2.75, 3.05) is 0 Å². The molecule has 0 spiro atoms. The fourth-order valence-electron chi connectivity index (χ4n) is 1.19. The van der Waals surface area contributed by atoms with Crippen LogP contribution in [0, 0.1) is 6.92 Å². The summed E-state index contributed by atoms with van der Waals surface area (Å²) in [5.74, 6) is 0.579. The standard InChI is InChI=1S/C9H15NS/c1-5-8-9(6(2)3)10-7(4)11-8/h6H,5H2,1-4H3. The third kappa shape index (κ3) is 1.80. The van der Waals surface area contributed by atoms with Crippen LogP contribution in [0.3, 0.4) is 0 Å². The van der Waals surface area contributed by atoms with E-state index < -0.39 is 0 Å². The lowest BCUT2D eigenvalue weighted by atomic mass is 10.1. The topological polar surface area (TPSA) is 12.9 Å². The summed E-state index contributed by atoms with van der Waals surface area (Å²) in [7, 11) is 0. The van der Waals surface area contributed by atoms with Crippen LogP contribution < -0.4 is 0 Å². The van der Waals surface area contributed by atoms with E-state index in [4.69, 9.17) is 0 Å². The Morgan fingerprint density at radius 1 is 1.45 bits per heavy atom. The van der Waals surface area contributed by atoms with Crippen LogP contribution >= 0.6 is 11.3 Å². The number of nitrogens with zero attached hydrogens (tertiary/aromatic N) is 1. The largest absolute Gasteiger partial charge is 0.246 e. The van der Waals surface area contributed by atoms with Crippen LogP contribution in [0.2, 0.25) is 0 Å². The monoisotopic (exact) mass is 169 g/mol. The van der Waals surface area contributed by atoms with Gasteiger partial charge in [-0.15, -0.1) is 11.3 Å². The molecule has 0 aromatic carbocycles. The number of hydrogen-bond acceptors (Lipinski definition) is 2. The molecule has 0 aliphatic carbocycles. The van der Waals surface area contributed by atoms with Crippen molar-refractivity contribution in [3.8, 4) is 0 Å². The molecule has 11 heavy (non-hydrogen) atoms. The molecule has 2 heteroatoms. The molecule has 0 fully saturated rings. The van der Waals surface area contributed by atoms with Crippen LogP contribution in [0.4, 0.5) is 0 Å². The number of aryl methyl sites for hydroxylation is 2. The van der Waals surface area contributed by atoms with Crippen molar-refractivity contribution in [1.29, 1.82) is 0 Å². The van der Waals surface area contributed by atoms with Crippen molar-refractivity contribution in [3.63, 3.8) is 0 Å². The molecule has 62 valence electrons. The Hall–Kier alpha value is -0.370. The maximum atomic E-state index is 4.50. The molecule has 0 aliphatic heterocycles. The van der Waals surface area contributed by atoms with Crippen molar-refractivity contribution < 1.29 is 0 Å². The second-order valence-corrected chi connectivity index (χ2v) is 4.34. The van der Waals surface area contributed by atoms with Crippen LogP contribution in [0.25, 0.3) is 0 Å². The maximum Gasteiger partial charge on any atom is 0.0900 e. The Morgan fingerprint density at radius 2 is 2.09 bits per heavy atom. The molecule has 1 aromatic heterocycles. The minimum absolute atomic E-state index is 0.579. The second-order valence-electron chi connectivity index (χ2n) is 3.05. The average molecular weight is 169 g/mol. The first-order valence-electron chi connectivity index (χ1n) is 4.11. The zero-order valence-corrected chi connectivity index (χ0v) is 8.46. The third-order valence-corrected chi connectivity index (χ3v) is 2.83. The van der Waals surface area contributed by atoms with E-state index in [1.54, 1.807) is 0 Å². The Morgan fingerprint density at radius 3 is 2.45 bits per heavy atom. The first-order valence-corrected chi connectivity index (χ1v) is 4.93. The lowest BCUT2D eigenvalue weighted by Gasteiger charge is -2.01. The van der Waals surface area contributed by atoms with Gasteiger partial charge in [0.25, 0.3) is 0 Å². The van der Waals surface area contributed by atoms with Crippen molar-refractivity contribution >= 4 is 11.3 Å². The molecule has 0 atom stereocenters. The van der Waals surface area contributed by atoms with Gasteiger partial charge in [0.1, 0.15) is 0 Å². The maximum absolute atomic E-state index is 4.50. The van der Waals surface area contributed by atoms with E-state index in [0.717, 1.165) is 6.42 Å². The predicted molar refractivity (Wildman–Crippen MR) is 50.3 cm³/mol. The van der Waals surface area contributed by atoms with Gasteiger partial charge in [0.05, 0.1) is 10.7 Å². The Bertz CT molecular complexity index is 238. The van der Waals surface area contributed by atoms with Crippen molar-refractivity contribution in [2.24, 2.45) is 0 Å². The van der Waals surface area contributed by atoms with Gasteiger partial charge in [-0.3, -0.25) is 0 Å². The number of rotatable bonds is 2. The molecule has 0 amide bonds. The Labute approximate surface area is 72.5 Å².